The van der Waals surface area contributed by atoms with Gasteiger partial charge in [0.2, 0.25) is 0 Å². The normalized spacial score (nSPS) is 13.9. The van der Waals surface area contributed by atoms with Crippen molar-refractivity contribution in [3.63, 3.8) is 0 Å². The van der Waals surface area contributed by atoms with Gasteiger partial charge in [-0.05, 0) is 31.2 Å². The van der Waals surface area contributed by atoms with E-state index in [0.29, 0.717) is 6.61 Å². The highest BCUT2D eigenvalue weighted by atomic mass is 35.5. The topological polar surface area (TPSA) is 47.3 Å². The minimum absolute atomic E-state index is 0.0649. The summed E-state index contributed by atoms with van der Waals surface area (Å²) in [7, 11) is 0. The predicted octanol–water partition coefficient (Wildman–Crippen LogP) is 3.50. The molecule has 0 aliphatic rings. The summed E-state index contributed by atoms with van der Waals surface area (Å²) in [6.45, 7) is 6.91. The highest BCUT2D eigenvalue weighted by Gasteiger charge is 2.38. The van der Waals surface area contributed by atoms with E-state index in [1.165, 1.54) is 0 Å². The molecule has 0 bridgehead atoms. The Morgan fingerprint density at radius 1 is 1.47 bits per heavy atom. The molecule has 1 atom stereocenters. The molecule has 0 spiro atoms. The maximum atomic E-state index is 6.19. The van der Waals surface area contributed by atoms with Crippen molar-refractivity contribution in [3.8, 4) is 0 Å². The quantitative estimate of drug-likeness (QED) is 0.592. The van der Waals surface area contributed by atoms with Crippen molar-refractivity contribution < 1.29 is 4.74 Å². The van der Waals surface area contributed by atoms with Crippen LogP contribution in [0.1, 0.15) is 44.5 Å². The van der Waals surface area contributed by atoms with Gasteiger partial charge >= 0.3 is 0 Å². The molecule has 0 aromatic carbocycles. The van der Waals surface area contributed by atoms with Gasteiger partial charge in [-0.1, -0.05) is 25.4 Å². The van der Waals surface area contributed by atoms with Crippen molar-refractivity contribution in [1.82, 2.24) is 5.43 Å². The number of rotatable bonds is 7. The minimum Gasteiger partial charge on any atom is -0.373 e. The smallest absolute Gasteiger partial charge is 0.0892 e. The van der Waals surface area contributed by atoms with Gasteiger partial charge in [0.15, 0.2) is 0 Å². The Morgan fingerprint density at radius 2 is 2.12 bits per heavy atom. The lowest BCUT2D eigenvalue weighted by molar-refractivity contribution is -0.0725. The second kappa shape index (κ2) is 6.71. The molecule has 0 fully saturated rings. The third-order valence-electron chi connectivity index (χ3n) is 3.23. The summed E-state index contributed by atoms with van der Waals surface area (Å²) in [4.78, 5) is 1.05. The van der Waals surface area contributed by atoms with E-state index in [2.05, 4.69) is 19.3 Å². The zero-order valence-corrected chi connectivity index (χ0v) is 12.2. The van der Waals surface area contributed by atoms with E-state index in [4.69, 9.17) is 22.2 Å². The molecule has 3 nitrogen and oxygen atoms in total. The molecular formula is C12H21ClN2OS. The van der Waals surface area contributed by atoms with Crippen molar-refractivity contribution in [2.75, 3.05) is 6.61 Å². The Bertz CT molecular complexity index is 339. The van der Waals surface area contributed by atoms with Crippen LogP contribution in [0.25, 0.3) is 0 Å². The second-order valence-corrected chi connectivity index (χ2v) is 5.29. The number of thiophene rings is 1. The van der Waals surface area contributed by atoms with Gasteiger partial charge in [0, 0.05) is 11.5 Å². The number of hydrogen-bond acceptors (Lipinski definition) is 4. The van der Waals surface area contributed by atoms with Crippen LogP contribution in [0.4, 0.5) is 0 Å². The maximum Gasteiger partial charge on any atom is 0.0892 e. The van der Waals surface area contributed by atoms with Gasteiger partial charge < -0.3 is 4.74 Å². The van der Waals surface area contributed by atoms with Gasteiger partial charge in [0.1, 0.15) is 0 Å². The van der Waals surface area contributed by atoms with E-state index in [-0.39, 0.29) is 11.6 Å². The summed E-state index contributed by atoms with van der Waals surface area (Å²) < 4.78 is 5.97. The van der Waals surface area contributed by atoms with Gasteiger partial charge in [0.25, 0.3) is 0 Å². The lowest BCUT2D eigenvalue weighted by Crippen LogP contribution is -2.47. The lowest BCUT2D eigenvalue weighted by atomic mass is 9.87. The zero-order valence-electron chi connectivity index (χ0n) is 10.6. The van der Waals surface area contributed by atoms with E-state index in [1.54, 1.807) is 11.3 Å². The fraction of sp³-hybridized carbons (Fsp3) is 0.667. The molecule has 0 radical (unpaired) electrons. The van der Waals surface area contributed by atoms with Crippen LogP contribution < -0.4 is 11.3 Å². The van der Waals surface area contributed by atoms with Crippen LogP contribution in [-0.4, -0.2) is 12.2 Å². The summed E-state index contributed by atoms with van der Waals surface area (Å²) in [6.07, 6.45) is 1.78. The molecule has 0 aliphatic carbocycles. The predicted molar refractivity (Wildman–Crippen MR) is 74.3 cm³/mol. The van der Waals surface area contributed by atoms with E-state index in [9.17, 15) is 0 Å². The lowest BCUT2D eigenvalue weighted by Gasteiger charge is -2.38. The number of nitrogens with two attached hydrogens (primary N) is 1. The Morgan fingerprint density at radius 3 is 2.47 bits per heavy atom. The highest BCUT2D eigenvalue weighted by Crippen LogP contribution is 2.40. The largest absolute Gasteiger partial charge is 0.373 e. The first-order valence-corrected chi connectivity index (χ1v) is 7.23. The third kappa shape index (κ3) is 3.01. The Balaban J connectivity index is 3.09. The van der Waals surface area contributed by atoms with Crippen LogP contribution in [0.3, 0.4) is 0 Å². The standard InChI is InChI=1S/C12H21ClN2OS/c1-4-12(5-2,16-6-3)11(15-14)10-9(13)7-8-17-10/h7-8,11,15H,4-6,14H2,1-3H3. The molecule has 0 saturated heterocycles. The molecule has 1 rings (SSSR count). The average Bonchev–Trinajstić information content (AvgIpc) is 2.75. The van der Waals surface area contributed by atoms with Crippen molar-refractivity contribution in [3.05, 3.63) is 21.3 Å². The van der Waals surface area contributed by atoms with Gasteiger partial charge in [-0.15, -0.1) is 11.3 Å². The Labute approximate surface area is 112 Å². The summed E-state index contributed by atoms with van der Waals surface area (Å²) >= 11 is 7.80. The fourth-order valence-corrected chi connectivity index (χ4v) is 3.54. The summed E-state index contributed by atoms with van der Waals surface area (Å²) in [5.41, 5.74) is 2.58. The number of halogens is 1. The first-order valence-electron chi connectivity index (χ1n) is 5.98. The SMILES string of the molecule is CCOC(CC)(CC)C(NN)c1sccc1Cl. The molecule has 3 N–H and O–H groups in total. The number of hydrogen-bond donors (Lipinski definition) is 2. The summed E-state index contributed by atoms with van der Waals surface area (Å²) in [6, 6.07) is 1.83. The van der Waals surface area contributed by atoms with Gasteiger partial charge in [0.05, 0.1) is 16.7 Å². The van der Waals surface area contributed by atoms with Gasteiger partial charge in [-0.3, -0.25) is 5.84 Å². The van der Waals surface area contributed by atoms with Crippen molar-refractivity contribution in [2.24, 2.45) is 5.84 Å². The molecule has 98 valence electrons. The molecule has 0 aliphatic heterocycles. The zero-order chi connectivity index (χ0) is 12.9. The van der Waals surface area contributed by atoms with Crippen molar-refractivity contribution >= 4 is 22.9 Å². The molecule has 0 saturated carbocycles. The molecule has 0 amide bonds. The number of hydrazine groups is 1. The van der Waals surface area contributed by atoms with Crippen LogP contribution in [0.2, 0.25) is 5.02 Å². The third-order valence-corrected chi connectivity index (χ3v) is 4.65. The van der Waals surface area contributed by atoms with E-state index in [1.807, 2.05) is 18.4 Å². The summed E-state index contributed by atoms with van der Waals surface area (Å²) in [5.74, 6) is 5.72. The molecule has 5 heteroatoms. The molecular weight excluding hydrogens is 256 g/mol. The van der Waals surface area contributed by atoms with E-state index in [0.717, 1.165) is 22.7 Å². The molecule has 1 aromatic rings. The molecule has 1 heterocycles. The molecule has 1 unspecified atom stereocenters. The van der Waals surface area contributed by atoms with Crippen LogP contribution in [-0.2, 0) is 4.74 Å². The molecule has 1 aromatic heterocycles. The molecule has 17 heavy (non-hydrogen) atoms. The van der Waals surface area contributed by atoms with E-state index >= 15 is 0 Å². The maximum absolute atomic E-state index is 6.19. The Hall–Kier alpha value is -0.130. The van der Waals surface area contributed by atoms with Crippen LogP contribution >= 0.6 is 22.9 Å². The fourth-order valence-electron chi connectivity index (χ4n) is 2.21. The summed E-state index contributed by atoms with van der Waals surface area (Å²) in [5, 5.41) is 2.73. The van der Waals surface area contributed by atoms with Gasteiger partial charge in [-0.2, -0.15) is 0 Å². The highest BCUT2D eigenvalue weighted by molar-refractivity contribution is 7.10. The van der Waals surface area contributed by atoms with E-state index < -0.39 is 0 Å². The number of nitrogens with one attached hydrogen (secondary N) is 1. The monoisotopic (exact) mass is 276 g/mol. The van der Waals surface area contributed by atoms with Crippen LogP contribution in [0.5, 0.6) is 0 Å². The van der Waals surface area contributed by atoms with Crippen LogP contribution in [0.15, 0.2) is 11.4 Å². The average molecular weight is 277 g/mol. The van der Waals surface area contributed by atoms with Crippen LogP contribution in [0, 0.1) is 0 Å². The first-order chi connectivity index (χ1) is 8.15. The Kier molecular flexibility index (Phi) is 5.89. The second-order valence-electron chi connectivity index (χ2n) is 3.94. The number of ether oxygens (including phenoxy) is 1. The van der Waals surface area contributed by atoms with Gasteiger partial charge in [-0.25, -0.2) is 5.43 Å². The first kappa shape index (κ1) is 14.9. The minimum atomic E-state index is -0.294. The van der Waals surface area contributed by atoms with Crippen molar-refractivity contribution in [2.45, 2.75) is 45.3 Å². The van der Waals surface area contributed by atoms with Crippen molar-refractivity contribution in [1.29, 1.82) is 0 Å².